The third-order valence-corrected chi connectivity index (χ3v) is 6.94. The Morgan fingerprint density at radius 2 is 1.49 bits per heavy atom. The van der Waals surface area contributed by atoms with Crippen LogP contribution in [0.5, 0.6) is 5.75 Å². The lowest BCUT2D eigenvalue weighted by atomic mass is 9.98. The Hall–Kier alpha value is -2.91. The van der Waals surface area contributed by atoms with Crippen LogP contribution in [0.2, 0.25) is 0 Å². The topological polar surface area (TPSA) is 185 Å². The molecule has 2 aliphatic heterocycles. The number of hydrogen-bond donors (Lipinski definition) is 6. The van der Waals surface area contributed by atoms with E-state index in [2.05, 4.69) is 0 Å². The minimum atomic E-state index is -1.62. The molecule has 6 N–H and O–H groups in total. The van der Waals surface area contributed by atoms with Gasteiger partial charge in [-0.05, 0) is 42.7 Å². The SMILES string of the molecule is CC1OC(OCC2OC(OCCc3ccc(O)cc3)C(O)C(O)C2O)C(O)C(O)C1OC(=O)C=Cc1ccccc1. The van der Waals surface area contributed by atoms with Crippen LogP contribution in [0.1, 0.15) is 18.1 Å². The molecule has 224 valence electrons. The lowest BCUT2D eigenvalue weighted by Gasteiger charge is -2.43. The Balaban J connectivity index is 1.28. The molecule has 0 saturated carbocycles. The van der Waals surface area contributed by atoms with Crippen molar-refractivity contribution in [1.82, 2.24) is 0 Å². The quantitative estimate of drug-likeness (QED) is 0.163. The third kappa shape index (κ3) is 8.10. The second-order valence-electron chi connectivity index (χ2n) is 9.97. The molecule has 0 aromatic heterocycles. The maximum atomic E-state index is 12.3. The molecule has 12 nitrogen and oxygen atoms in total. The highest BCUT2D eigenvalue weighted by Gasteiger charge is 2.48. The smallest absolute Gasteiger partial charge is 0.331 e. The zero-order chi connectivity index (χ0) is 29.5. The van der Waals surface area contributed by atoms with Crippen LogP contribution >= 0.6 is 0 Å². The number of phenols is 1. The molecular weight excluding hydrogens is 540 g/mol. The van der Waals surface area contributed by atoms with Gasteiger partial charge in [0.15, 0.2) is 18.7 Å². The van der Waals surface area contributed by atoms with Crippen molar-refractivity contribution in [3.63, 3.8) is 0 Å². The molecule has 0 aliphatic carbocycles. The number of hydrogen-bond acceptors (Lipinski definition) is 12. The first kappa shape index (κ1) is 31.0. The fraction of sp³-hybridized carbons (Fsp3) is 0.483. The van der Waals surface area contributed by atoms with Gasteiger partial charge in [0.25, 0.3) is 0 Å². The molecule has 0 bridgehead atoms. The van der Waals surface area contributed by atoms with E-state index < -0.39 is 74.0 Å². The average Bonchev–Trinajstić information content (AvgIpc) is 2.97. The molecular formula is C29H36O12. The number of benzene rings is 2. The first-order valence-corrected chi connectivity index (χ1v) is 13.3. The summed E-state index contributed by atoms with van der Waals surface area (Å²) in [6, 6.07) is 15.6. The largest absolute Gasteiger partial charge is 0.508 e. The van der Waals surface area contributed by atoms with Gasteiger partial charge in [-0.15, -0.1) is 0 Å². The lowest BCUT2D eigenvalue weighted by molar-refractivity contribution is -0.328. The van der Waals surface area contributed by atoms with Crippen LogP contribution < -0.4 is 0 Å². The van der Waals surface area contributed by atoms with Crippen molar-refractivity contribution in [2.24, 2.45) is 0 Å². The molecule has 2 saturated heterocycles. The maximum absolute atomic E-state index is 12.3. The number of aliphatic hydroxyl groups excluding tert-OH is 5. The Morgan fingerprint density at radius 3 is 2.20 bits per heavy atom. The molecule has 12 heteroatoms. The van der Waals surface area contributed by atoms with Crippen molar-refractivity contribution in [3.8, 4) is 5.75 Å². The minimum absolute atomic E-state index is 0.109. The van der Waals surface area contributed by atoms with Gasteiger partial charge < -0.3 is 54.3 Å². The van der Waals surface area contributed by atoms with Crippen LogP contribution in [-0.2, 0) is 34.9 Å². The van der Waals surface area contributed by atoms with E-state index in [-0.39, 0.29) is 12.4 Å². The van der Waals surface area contributed by atoms with E-state index in [4.69, 9.17) is 23.7 Å². The van der Waals surface area contributed by atoms with E-state index in [1.54, 1.807) is 30.3 Å². The van der Waals surface area contributed by atoms with E-state index >= 15 is 0 Å². The summed E-state index contributed by atoms with van der Waals surface area (Å²) in [5.41, 5.74) is 1.64. The van der Waals surface area contributed by atoms with E-state index in [9.17, 15) is 35.4 Å². The van der Waals surface area contributed by atoms with Gasteiger partial charge in [-0.2, -0.15) is 0 Å². The van der Waals surface area contributed by atoms with E-state index in [0.29, 0.717) is 6.42 Å². The van der Waals surface area contributed by atoms with Gasteiger partial charge in [0.1, 0.15) is 42.4 Å². The molecule has 2 aliphatic rings. The second kappa shape index (κ2) is 14.3. The Labute approximate surface area is 236 Å². The van der Waals surface area contributed by atoms with Crippen LogP contribution in [0.3, 0.4) is 0 Å². The van der Waals surface area contributed by atoms with Crippen LogP contribution in [0.4, 0.5) is 0 Å². The van der Waals surface area contributed by atoms with Gasteiger partial charge in [0.05, 0.1) is 19.3 Å². The van der Waals surface area contributed by atoms with Gasteiger partial charge in [0, 0.05) is 6.08 Å². The molecule has 2 aromatic rings. The van der Waals surface area contributed by atoms with Gasteiger partial charge in [-0.25, -0.2) is 4.79 Å². The van der Waals surface area contributed by atoms with Crippen molar-refractivity contribution in [3.05, 3.63) is 71.8 Å². The highest BCUT2D eigenvalue weighted by Crippen LogP contribution is 2.27. The maximum Gasteiger partial charge on any atom is 0.331 e. The first-order chi connectivity index (χ1) is 19.6. The van der Waals surface area contributed by atoms with Crippen LogP contribution in [-0.4, -0.2) is 111 Å². The average molecular weight is 577 g/mol. The van der Waals surface area contributed by atoms with Gasteiger partial charge in [-0.3, -0.25) is 0 Å². The molecule has 0 amide bonds. The lowest BCUT2D eigenvalue weighted by Crippen LogP contribution is -2.61. The first-order valence-electron chi connectivity index (χ1n) is 13.3. The molecule has 2 heterocycles. The summed E-state index contributed by atoms with van der Waals surface area (Å²) in [5, 5.41) is 61.7. The van der Waals surface area contributed by atoms with Crippen molar-refractivity contribution in [2.75, 3.05) is 13.2 Å². The zero-order valence-corrected chi connectivity index (χ0v) is 22.4. The van der Waals surface area contributed by atoms with Crippen molar-refractivity contribution in [1.29, 1.82) is 0 Å². The summed E-state index contributed by atoms with van der Waals surface area (Å²) in [6.45, 7) is 1.25. The zero-order valence-electron chi connectivity index (χ0n) is 22.4. The summed E-state index contributed by atoms with van der Waals surface area (Å²) < 4.78 is 27.7. The Kier molecular flexibility index (Phi) is 10.8. The van der Waals surface area contributed by atoms with Gasteiger partial charge in [0.2, 0.25) is 0 Å². The van der Waals surface area contributed by atoms with Crippen molar-refractivity contribution >= 4 is 12.0 Å². The van der Waals surface area contributed by atoms with E-state index in [1.165, 1.54) is 25.1 Å². The number of aliphatic hydroxyl groups is 5. The number of esters is 1. The van der Waals surface area contributed by atoms with E-state index in [0.717, 1.165) is 11.1 Å². The summed E-state index contributed by atoms with van der Waals surface area (Å²) in [4.78, 5) is 12.3. The molecule has 2 aromatic carbocycles. The standard InChI is InChI=1S/C29H36O12/c1-16-27(41-21(31)12-9-17-5-3-2-4-6-17)24(34)26(36)29(39-16)38-15-20-22(32)23(33)25(35)28(40-20)37-14-13-18-7-10-19(30)11-8-18/h2-12,16,20,22-30,32-36H,13-15H2,1H3. The molecule has 41 heavy (non-hydrogen) atoms. The molecule has 2 fully saturated rings. The van der Waals surface area contributed by atoms with Gasteiger partial charge >= 0.3 is 5.97 Å². The fourth-order valence-electron chi connectivity index (χ4n) is 4.54. The van der Waals surface area contributed by atoms with Gasteiger partial charge in [-0.1, -0.05) is 42.5 Å². The van der Waals surface area contributed by atoms with Crippen molar-refractivity contribution < 1.29 is 59.1 Å². The predicted octanol–water partition coefficient (Wildman–Crippen LogP) is -0.133. The second-order valence-corrected chi connectivity index (χ2v) is 9.97. The Morgan fingerprint density at radius 1 is 0.829 bits per heavy atom. The van der Waals surface area contributed by atoms with Crippen molar-refractivity contribution in [2.45, 2.75) is 74.8 Å². The summed E-state index contributed by atoms with van der Waals surface area (Å²) >= 11 is 0. The van der Waals surface area contributed by atoms with Crippen LogP contribution in [0, 0.1) is 0 Å². The number of phenolic OH excluding ortho intramolecular Hbond substituents is 1. The molecule has 10 unspecified atom stereocenters. The number of carbonyl (C=O) groups is 1. The highest BCUT2D eigenvalue weighted by molar-refractivity contribution is 5.87. The normalized spacial score (nSPS) is 34.0. The molecule has 4 rings (SSSR count). The number of ether oxygens (including phenoxy) is 5. The summed E-state index contributed by atoms with van der Waals surface area (Å²) in [7, 11) is 0. The minimum Gasteiger partial charge on any atom is -0.508 e. The van der Waals surface area contributed by atoms with Crippen LogP contribution in [0.25, 0.3) is 6.08 Å². The molecule has 0 spiro atoms. The fourth-order valence-corrected chi connectivity index (χ4v) is 4.54. The summed E-state index contributed by atoms with van der Waals surface area (Å²) in [6.07, 6.45) is -10.5. The summed E-state index contributed by atoms with van der Waals surface area (Å²) in [5.74, 6) is -0.607. The third-order valence-electron chi connectivity index (χ3n) is 6.94. The Bertz CT molecular complexity index is 1130. The number of rotatable bonds is 10. The molecule has 10 atom stereocenters. The number of carbonyl (C=O) groups excluding carboxylic acids is 1. The van der Waals surface area contributed by atoms with E-state index in [1.807, 2.05) is 18.2 Å². The monoisotopic (exact) mass is 576 g/mol. The number of aromatic hydroxyl groups is 1. The highest BCUT2D eigenvalue weighted by atomic mass is 16.7. The van der Waals surface area contributed by atoms with Crippen LogP contribution in [0.15, 0.2) is 60.7 Å². The molecule has 0 radical (unpaired) electrons. The predicted molar refractivity (Wildman–Crippen MR) is 142 cm³/mol.